The molecule has 1 aromatic rings. The van der Waals surface area contributed by atoms with Crippen LogP contribution in [0.2, 0.25) is 0 Å². The molecule has 0 spiro atoms. The van der Waals surface area contributed by atoms with Gasteiger partial charge in [-0.25, -0.2) is 0 Å². The van der Waals surface area contributed by atoms with Crippen LogP contribution >= 0.6 is 0 Å². The second kappa shape index (κ2) is 3.68. The number of rotatable bonds is 2. The summed E-state index contributed by atoms with van der Waals surface area (Å²) in [6.45, 7) is 1.98. The van der Waals surface area contributed by atoms with Crippen LogP contribution in [0.4, 0.5) is 0 Å². The van der Waals surface area contributed by atoms with Gasteiger partial charge in [-0.1, -0.05) is 18.1 Å². The van der Waals surface area contributed by atoms with Gasteiger partial charge in [0, 0.05) is 0 Å². The summed E-state index contributed by atoms with van der Waals surface area (Å²) >= 11 is 0. The Morgan fingerprint density at radius 2 is 2.33 bits per heavy atom. The van der Waals surface area contributed by atoms with Crippen LogP contribution in [0, 0.1) is 19.3 Å². The average Bonchev–Trinajstić information content (AvgIpc) is 2.08. The van der Waals surface area contributed by atoms with Crippen molar-refractivity contribution in [2.45, 2.75) is 6.92 Å². The van der Waals surface area contributed by atoms with Crippen LogP contribution < -0.4 is 4.74 Å². The molecule has 1 rings (SSSR count). The number of para-hydroxylation sites is 1. The van der Waals surface area contributed by atoms with Crippen molar-refractivity contribution in [1.29, 1.82) is 0 Å². The highest BCUT2D eigenvalue weighted by Gasteiger charge is 2.02. The molecule has 0 aliphatic rings. The van der Waals surface area contributed by atoms with Crippen LogP contribution in [0.15, 0.2) is 18.2 Å². The number of hydrogen-bond acceptors (Lipinski definition) is 2. The molecule has 2 nitrogen and oxygen atoms in total. The Morgan fingerprint density at radius 1 is 1.58 bits per heavy atom. The second-order valence-corrected chi connectivity index (χ2v) is 2.41. The fourth-order valence-electron chi connectivity index (χ4n) is 0.868. The van der Waals surface area contributed by atoms with E-state index >= 15 is 0 Å². The van der Waals surface area contributed by atoms with Gasteiger partial charge < -0.3 is 9.84 Å². The lowest BCUT2D eigenvalue weighted by atomic mass is 10.2. The van der Waals surface area contributed by atoms with Crippen molar-refractivity contribution in [2.75, 3.05) is 6.61 Å². The molecule has 0 aliphatic carbocycles. The van der Waals surface area contributed by atoms with Crippen LogP contribution in [-0.4, -0.2) is 11.7 Å². The normalized spacial score (nSPS) is 9.00. The Bertz CT molecular complexity index is 310. The van der Waals surface area contributed by atoms with Crippen LogP contribution in [0.25, 0.3) is 0 Å². The van der Waals surface area contributed by atoms with Crippen molar-refractivity contribution in [3.05, 3.63) is 23.8 Å². The number of phenolic OH excluding ortho intramolecular Hbond substituents is 1. The summed E-state index contributed by atoms with van der Waals surface area (Å²) < 4.78 is 5.08. The van der Waals surface area contributed by atoms with E-state index in [4.69, 9.17) is 11.2 Å². The summed E-state index contributed by atoms with van der Waals surface area (Å²) in [5.41, 5.74) is 0.782. The number of phenols is 1. The smallest absolute Gasteiger partial charge is 0.162 e. The number of ether oxygens (including phenoxy) is 1. The number of aromatic hydroxyl groups is 1. The number of benzene rings is 1. The summed E-state index contributed by atoms with van der Waals surface area (Å²) in [5.74, 6) is 2.93. The van der Waals surface area contributed by atoms with E-state index in [-0.39, 0.29) is 12.4 Å². The SMILES string of the molecule is C#CCOc1cccc(C)c1O. The summed E-state index contributed by atoms with van der Waals surface area (Å²) in [7, 11) is 0. The Labute approximate surface area is 71.8 Å². The Balaban J connectivity index is 2.86. The molecule has 0 aliphatic heterocycles. The van der Waals surface area contributed by atoms with Gasteiger partial charge in [-0.05, 0) is 18.6 Å². The van der Waals surface area contributed by atoms with Crippen LogP contribution in [-0.2, 0) is 0 Å². The van der Waals surface area contributed by atoms with Gasteiger partial charge in [0.1, 0.15) is 6.61 Å². The maximum absolute atomic E-state index is 9.43. The molecule has 0 aromatic heterocycles. The third-order valence-corrected chi connectivity index (χ3v) is 1.51. The highest BCUT2D eigenvalue weighted by Crippen LogP contribution is 2.28. The molecule has 0 fully saturated rings. The van der Waals surface area contributed by atoms with Crippen molar-refractivity contribution in [1.82, 2.24) is 0 Å². The van der Waals surface area contributed by atoms with Crippen LogP contribution in [0.5, 0.6) is 11.5 Å². The maximum Gasteiger partial charge on any atom is 0.162 e. The Kier molecular flexibility index (Phi) is 2.60. The van der Waals surface area contributed by atoms with Gasteiger partial charge >= 0.3 is 0 Å². The average molecular weight is 162 g/mol. The summed E-state index contributed by atoms with van der Waals surface area (Å²) in [6, 6.07) is 5.29. The second-order valence-electron chi connectivity index (χ2n) is 2.41. The van der Waals surface area contributed by atoms with Crippen molar-refractivity contribution in [3.63, 3.8) is 0 Å². The van der Waals surface area contributed by atoms with Gasteiger partial charge in [0.25, 0.3) is 0 Å². The minimum absolute atomic E-state index is 0.160. The van der Waals surface area contributed by atoms with Gasteiger partial charge in [-0.3, -0.25) is 0 Å². The zero-order chi connectivity index (χ0) is 8.97. The number of aryl methyl sites for hydroxylation is 1. The fourth-order valence-corrected chi connectivity index (χ4v) is 0.868. The number of hydrogen-bond donors (Lipinski definition) is 1. The quantitative estimate of drug-likeness (QED) is 0.671. The van der Waals surface area contributed by atoms with Crippen molar-refractivity contribution >= 4 is 0 Å². The zero-order valence-corrected chi connectivity index (χ0v) is 6.87. The molecule has 1 aromatic carbocycles. The molecule has 62 valence electrons. The fraction of sp³-hybridized carbons (Fsp3) is 0.200. The molecule has 0 heterocycles. The third-order valence-electron chi connectivity index (χ3n) is 1.51. The van der Waals surface area contributed by atoms with E-state index in [1.807, 2.05) is 0 Å². The minimum Gasteiger partial charge on any atom is -0.504 e. The predicted octanol–water partition coefficient (Wildman–Crippen LogP) is 1.71. The lowest BCUT2D eigenvalue weighted by Gasteiger charge is -2.05. The molecule has 1 N–H and O–H groups in total. The molecule has 0 saturated carbocycles. The number of terminal acetylenes is 1. The monoisotopic (exact) mass is 162 g/mol. The Morgan fingerprint density at radius 3 is 3.00 bits per heavy atom. The van der Waals surface area contributed by atoms with Crippen molar-refractivity contribution in [2.24, 2.45) is 0 Å². The molecule has 0 radical (unpaired) electrons. The van der Waals surface area contributed by atoms with Crippen molar-refractivity contribution in [3.8, 4) is 23.8 Å². The van der Waals surface area contributed by atoms with E-state index < -0.39 is 0 Å². The standard InChI is InChI=1S/C10H10O2/c1-3-7-12-9-6-4-5-8(2)10(9)11/h1,4-6,11H,7H2,2H3. The molecule has 12 heavy (non-hydrogen) atoms. The molecule has 0 saturated heterocycles. The largest absolute Gasteiger partial charge is 0.504 e. The van der Waals surface area contributed by atoms with Crippen molar-refractivity contribution < 1.29 is 9.84 Å². The minimum atomic E-state index is 0.160. The van der Waals surface area contributed by atoms with E-state index in [1.165, 1.54) is 0 Å². The first-order valence-electron chi connectivity index (χ1n) is 3.60. The summed E-state index contributed by atoms with van der Waals surface area (Å²) in [5, 5.41) is 9.43. The van der Waals surface area contributed by atoms with E-state index in [1.54, 1.807) is 25.1 Å². The van der Waals surface area contributed by atoms with Crippen LogP contribution in [0.1, 0.15) is 5.56 Å². The first kappa shape index (κ1) is 8.48. The van der Waals surface area contributed by atoms with Gasteiger partial charge in [0.15, 0.2) is 11.5 Å². The molecule has 0 bridgehead atoms. The maximum atomic E-state index is 9.43. The van der Waals surface area contributed by atoms with Gasteiger partial charge in [0.05, 0.1) is 0 Å². The molecule has 0 unspecified atom stereocenters. The lowest BCUT2D eigenvalue weighted by Crippen LogP contribution is -1.93. The highest BCUT2D eigenvalue weighted by molar-refractivity contribution is 5.44. The van der Waals surface area contributed by atoms with Gasteiger partial charge in [0.2, 0.25) is 0 Å². The topological polar surface area (TPSA) is 29.5 Å². The highest BCUT2D eigenvalue weighted by atomic mass is 16.5. The Hall–Kier alpha value is -1.62. The van der Waals surface area contributed by atoms with Gasteiger partial charge in [-0.2, -0.15) is 0 Å². The van der Waals surface area contributed by atoms with Gasteiger partial charge in [-0.15, -0.1) is 6.42 Å². The lowest BCUT2D eigenvalue weighted by molar-refractivity contribution is 0.340. The zero-order valence-electron chi connectivity index (χ0n) is 6.87. The molecule has 2 heteroatoms. The first-order valence-corrected chi connectivity index (χ1v) is 3.60. The van der Waals surface area contributed by atoms with Crippen LogP contribution in [0.3, 0.4) is 0 Å². The van der Waals surface area contributed by atoms with E-state index in [9.17, 15) is 5.11 Å². The molecular formula is C10H10O2. The van der Waals surface area contributed by atoms with E-state index in [0.717, 1.165) is 5.56 Å². The molecule has 0 atom stereocenters. The molecule has 0 amide bonds. The summed E-state index contributed by atoms with van der Waals surface area (Å²) in [4.78, 5) is 0. The third kappa shape index (κ3) is 1.70. The van der Waals surface area contributed by atoms with E-state index in [2.05, 4.69) is 5.92 Å². The first-order chi connectivity index (χ1) is 5.75. The summed E-state index contributed by atoms with van der Waals surface area (Å²) in [6.07, 6.45) is 5.01. The molecular weight excluding hydrogens is 152 g/mol. The predicted molar refractivity (Wildman–Crippen MR) is 47.2 cm³/mol. The van der Waals surface area contributed by atoms with E-state index in [0.29, 0.717) is 5.75 Å².